The van der Waals surface area contributed by atoms with Crippen molar-refractivity contribution in [1.29, 1.82) is 0 Å². The van der Waals surface area contributed by atoms with Crippen molar-refractivity contribution in [3.05, 3.63) is 35.8 Å². The predicted molar refractivity (Wildman–Crippen MR) is 97.4 cm³/mol. The van der Waals surface area contributed by atoms with Gasteiger partial charge in [-0.2, -0.15) is 4.72 Å². The number of nitrogens with zero attached hydrogens (tertiary/aromatic N) is 1. The number of aromatic nitrogens is 1. The first kappa shape index (κ1) is 22.1. The molecule has 0 aliphatic carbocycles. The van der Waals surface area contributed by atoms with Crippen molar-refractivity contribution in [2.45, 2.75) is 37.6 Å². The Kier molecular flexibility index (Phi) is 7.01. The van der Waals surface area contributed by atoms with Gasteiger partial charge in [0.1, 0.15) is 11.8 Å². The molecular formula is C16H18F3N3O4S2. The summed E-state index contributed by atoms with van der Waals surface area (Å²) in [6.07, 6.45) is -3.17. The number of benzene rings is 1. The van der Waals surface area contributed by atoms with Crippen molar-refractivity contribution < 1.29 is 31.1 Å². The van der Waals surface area contributed by atoms with Gasteiger partial charge in [-0.05, 0) is 36.6 Å². The highest BCUT2D eigenvalue weighted by molar-refractivity contribution is 7.89. The third-order valence-electron chi connectivity index (χ3n) is 3.35. The summed E-state index contributed by atoms with van der Waals surface area (Å²) < 4.78 is 67.8. The summed E-state index contributed by atoms with van der Waals surface area (Å²) in [4.78, 5) is 16.1. The van der Waals surface area contributed by atoms with E-state index >= 15 is 0 Å². The molecule has 2 aromatic rings. The molecule has 0 spiro atoms. The molecule has 1 aromatic carbocycles. The Morgan fingerprint density at radius 1 is 1.25 bits per heavy atom. The summed E-state index contributed by atoms with van der Waals surface area (Å²) in [5, 5.41) is 4.51. The van der Waals surface area contributed by atoms with Crippen molar-refractivity contribution in [3.63, 3.8) is 0 Å². The first-order valence-corrected chi connectivity index (χ1v) is 10.4. The van der Waals surface area contributed by atoms with E-state index in [-0.39, 0.29) is 17.2 Å². The minimum atomic E-state index is -4.88. The van der Waals surface area contributed by atoms with E-state index in [1.54, 1.807) is 5.38 Å². The van der Waals surface area contributed by atoms with Gasteiger partial charge < -0.3 is 10.1 Å². The Labute approximate surface area is 164 Å². The van der Waals surface area contributed by atoms with Crippen LogP contribution in [0.5, 0.6) is 5.75 Å². The molecule has 2 N–H and O–H groups in total. The Morgan fingerprint density at radius 3 is 2.39 bits per heavy atom. The van der Waals surface area contributed by atoms with Crippen LogP contribution < -0.4 is 14.8 Å². The number of thiazole rings is 1. The number of halogens is 3. The maximum Gasteiger partial charge on any atom is 0.573 e. The number of carbonyl (C=O) groups excluding carboxylic acids is 1. The lowest BCUT2D eigenvalue weighted by atomic mass is 10.0. The number of anilines is 1. The molecule has 7 nitrogen and oxygen atoms in total. The van der Waals surface area contributed by atoms with Crippen molar-refractivity contribution in [2.24, 2.45) is 5.92 Å². The van der Waals surface area contributed by atoms with E-state index in [4.69, 9.17) is 0 Å². The topological polar surface area (TPSA) is 97.4 Å². The quantitative estimate of drug-likeness (QED) is 0.660. The van der Waals surface area contributed by atoms with Crippen LogP contribution >= 0.6 is 11.3 Å². The minimum Gasteiger partial charge on any atom is -0.406 e. The number of ether oxygens (including phenoxy) is 1. The largest absolute Gasteiger partial charge is 0.573 e. The second kappa shape index (κ2) is 8.88. The molecule has 1 atom stereocenters. The molecule has 2 rings (SSSR count). The van der Waals surface area contributed by atoms with E-state index in [1.807, 2.05) is 13.8 Å². The lowest BCUT2D eigenvalue weighted by Gasteiger charge is -2.19. The molecule has 0 radical (unpaired) electrons. The number of rotatable bonds is 8. The third kappa shape index (κ3) is 6.77. The fourth-order valence-electron chi connectivity index (χ4n) is 2.23. The van der Waals surface area contributed by atoms with Gasteiger partial charge in [-0.1, -0.05) is 13.8 Å². The van der Waals surface area contributed by atoms with E-state index in [0.717, 1.165) is 24.3 Å². The van der Waals surface area contributed by atoms with Crippen molar-refractivity contribution >= 4 is 32.4 Å². The summed E-state index contributed by atoms with van der Waals surface area (Å²) in [5.74, 6) is -1.13. The number of carbonyl (C=O) groups is 1. The van der Waals surface area contributed by atoms with Crippen LogP contribution in [0.25, 0.3) is 0 Å². The molecule has 0 aliphatic rings. The lowest BCUT2D eigenvalue weighted by Crippen LogP contribution is -2.44. The zero-order valence-corrected chi connectivity index (χ0v) is 16.5. The summed E-state index contributed by atoms with van der Waals surface area (Å²) >= 11 is 1.18. The maximum absolute atomic E-state index is 12.6. The second-order valence-corrected chi connectivity index (χ2v) is 8.76. The number of hydrogen-bond acceptors (Lipinski definition) is 6. The molecule has 28 heavy (non-hydrogen) atoms. The molecule has 0 aliphatic heterocycles. The number of hydrogen-bond donors (Lipinski definition) is 2. The fraction of sp³-hybridized carbons (Fsp3) is 0.375. The van der Waals surface area contributed by atoms with Crippen LogP contribution in [0.2, 0.25) is 0 Å². The summed E-state index contributed by atoms with van der Waals surface area (Å²) in [7, 11) is -4.15. The van der Waals surface area contributed by atoms with Crippen LogP contribution in [-0.2, 0) is 14.8 Å². The van der Waals surface area contributed by atoms with E-state index in [0.29, 0.717) is 5.13 Å². The number of nitrogens with one attached hydrogen (secondary N) is 2. The standard InChI is InChI=1S/C16H18F3N3O4S2/c1-10(2)9-13(14(23)21-15-20-7-8-27-15)22-28(24,25)12-5-3-11(4-6-12)26-16(17,18)19/h3-8,10,13,22H,9H2,1-2H3,(H,20,21,23)/t13-/m1/s1. The first-order valence-electron chi connectivity index (χ1n) is 8.05. The molecule has 12 heteroatoms. The van der Waals surface area contributed by atoms with Crippen LogP contribution in [0.4, 0.5) is 18.3 Å². The van der Waals surface area contributed by atoms with Gasteiger partial charge in [0.25, 0.3) is 0 Å². The van der Waals surface area contributed by atoms with Crippen LogP contribution in [0.15, 0.2) is 40.7 Å². The van der Waals surface area contributed by atoms with E-state index in [2.05, 4.69) is 19.8 Å². The van der Waals surface area contributed by atoms with Crippen molar-refractivity contribution in [1.82, 2.24) is 9.71 Å². The lowest BCUT2D eigenvalue weighted by molar-refractivity contribution is -0.274. The highest BCUT2D eigenvalue weighted by atomic mass is 32.2. The van der Waals surface area contributed by atoms with Crippen LogP contribution in [0.1, 0.15) is 20.3 Å². The maximum atomic E-state index is 12.6. The van der Waals surface area contributed by atoms with Gasteiger partial charge in [-0.3, -0.25) is 4.79 Å². The van der Waals surface area contributed by atoms with Gasteiger partial charge in [0.05, 0.1) is 4.90 Å². The smallest absolute Gasteiger partial charge is 0.406 e. The molecule has 0 saturated heterocycles. The SMILES string of the molecule is CC(C)C[C@@H](NS(=O)(=O)c1ccc(OC(F)(F)F)cc1)C(=O)Nc1nccs1. The van der Waals surface area contributed by atoms with Gasteiger partial charge in [0, 0.05) is 11.6 Å². The highest BCUT2D eigenvalue weighted by Gasteiger charge is 2.31. The number of amides is 1. The van der Waals surface area contributed by atoms with Crippen LogP contribution in [0.3, 0.4) is 0 Å². The molecule has 1 amide bonds. The predicted octanol–water partition coefficient (Wildman–Crippen LogP) is 3.37. The van der Waals surface area contributed by atoms with E-state index < -0.39 is 34.1 Å². The Balaban J connectivity index is 2.16. The van der Waals surface area contributed by atoms with Crippen LogP contribution in [-0.4, -0.2) is 31.7 Å². The number of sulfonamides is 1. The molecule has 1 aromatic heterocycles. The van der Waals surface area contributed by atoms with E-state index in [1.165, 1.54) is 17.5 Å². The molecule has 0 bridgehead atoms. The molecule has 0 fully saturated rings. The zero-order chi connectivity index (χ0) is 20.9. The monoisotopic (exact) mass is 437 g/mol. The molecule has 1 heterocycles. The van der Waals surface area contributed by atoms with Crippen LogP contribution in [0, 0.1) is 5.92 Å². The average Bonchev–Trinajstić information content (AvgIpc) is 3.05. The fourth-order valence-corrected chi connectivity index (χ4v) is 3.97. The molecule has 154 valence electrons. The number of alkyl halides is 3. The molecular weight excluding hydrogens is 419 g/mol. The molecule has 0 unspecified atom stereocenters. The third-order valence-corrected chi connectivity index (χ3v) is 5.53. The van der Waals surface area contributed by atoms with Gasteiger partial charge in [-0.25, -0.2) is 13.4 Å². The zero-order valence-electron chi connectivity index (χ0n) is 14.9. The Hall–Kier alpha value is -2.18. The molecule has 0 saturated carbocycles. The van der Waals surface area contributed by atoms with Crippen molar-refractivity contribution in [3.8, 4) is 5.75 Å². The Morgan fingerprint density at radius 2 is 1.89 bits per heavy atom. The highest BCUT2D eigenvalue weighted by Crippen LogP contribution is 2.24. The summed E-state index contributed by atoms with van der Waals surface area (Å²) in [6, 6.07) is 2.62. The summed E-state index contributed by atoms with van der Waals surface area (Å²) in [5.41, 5.74) is 0. The summed E-state index contributed by atoms with van der Waals surface area (Å²) in [6.45, 7) is 3.64. The normalized spacial score (nSPS) is 13.4. The first-order chi connectivity index (χ1) is 13.0. The van der Waals surface area contributed by atoms with Gasteiger partial charge >= 0.3 is 6.36 Å². The second-order valence-electron chi connectivity index (χ2n) is 6.15. The Bertz CT molecular complexity index is 883. The van der Waals surface area contributed by atoms with Crippen molar-refractivity contribution in [2.75, 3.05) is 5.32 Å². The van der Waals surface area contributed by atoms with Gasteiger partial charge in [-0.15, -0.1) is 24.5 Å². The van der Waals surface area contributed by atoms with Gasteiger partial charge in [0.15, 0.2) is 5.13 Å². The average molecular weight is 437 g/mol. The van der Waals surface area contributed by atoms with Gasteiger partial charge in [0.2, 0.25) is 15.9 Å². The minimum absolute atomic E-state index is 0.00249. The van der Waals surface area contributed by atoms with E-state index in [9.17, 15) is 26.4 Å².